The van der Waals surface area contributed by atoms with E-state index in [4.69, 9.17) is 5.73 Å². The molecule has 1 aliphatic heterocycles. The van der Waals surface area contributed by atoms with Gasteiger partial charge in [-0.25, -0.2) is 23.7 Å². The number of nitrogens with two attached hydrogens (primary N) is 1. The van der Waals surface area contributed by atoms with Gasteiger partial charge in [-0.15, -0.1) is 0 Å². The zero-order chi connectivity index (χ0) is 19.6. The summed E-state index contributed by atoms with van der Waals surface area (Å²) < 4.78 is 29.4. The van der Waals surface area contributed by atoms with Gasteiger partial charge in [0.05, 0.1) is 18.3 Å². The van der Waals surface area contributed by atoms with Gasteiger partial charge in [-0.2, -0.15) is 0 Å². The number of thioether (sulfide) groups is 1. The molecule has 2 atom stereocenters. The number of amides is 1. The monoisotopic (exact) mass is 397 g/mol. The van der Waals surface area contributed by atoms with Crippen LogP contribution in [-0.4, -0.2) is 56.4 Å². The first kappa shape index (κ1) is 19.7. The molecule has 0 radical (unpaired) electrons. The Morgan fingerprint density at radius 3 is 2.89 bits per heavy atom. The lowest BCUT2D eigenvalue weighted by molar-refractivity contribution is -0.112. The summed E-state index contributed by atoms with van der Waals surface area (Å²) >= 11 is 1.26. The van der Waals surface area contributed by atoms with Crippen molar-refractivity contribution in [3.8, 4) is 0 Å². The molecule has 2 aliphatic rings. The molecule has 0 aromatic carbocycles. The second-order valence-corrected chi connectivity index (χ2v) is 7.24. The Balaban J connectivity index is 2.02. The van der Waals surface area contributed by atoms with E-state index in [-0.39, 0.29) is 30.8 Å². The average Bonchev–Trinajstić information content (AvgIpc) is 2.87. The van der Waals surface area contributed by atoms with Gasteiger partial charge in [0, 0.05) is 12.6 Å². The fourth-order valence-electron chi connectivity index (χ4n) is 3.49. The van der Waals surface area contributed by atoms with E-state index < -0.39 is 24.0 Å². The summed E-state index contributed by atoms with van der Waals surface area (Å²) in [5.74, 6) is -3.69. The van der Waals surface area contributed by atoms with Gasteiger partial charge >= 0.3 is 0 Å². The van der Waals surface area contributed by atoms with Crippen LogP contribution < -0.4 is 5.73 Å². The van der Waals surface area contributed by atoms with Gasteiger partial charge in [0.25, 0.3) is 11.8 Å². The van der Waals surface area contributed by atoms with Crippen molar-refractivity contribution >= 4 is 29.7 Å². The van der Waals surface area contributed by atoms with Crippen LogP contribution in [0.3, 0.4) is 0 Å². The van der Waals surface area contributed by atoms with Crippen LogP contribution in [0.1, 0.15) is 41.7 Å². The van der Waals surface area contributed by atoms with Crippen LogP contribution >= 0.6 is 11.8 Å². The number of halogens is 2. The van der Waals surface area contributed by atoms with Gasteiger partial charge in [0.15, 0.2) is 11.0 Å². The van der Waals surface area contributed by atoms with E-state index >= 15 is 0 Å². The number of hydrogen-bond donors (Lipinski definition) is 2. The van der Waals surface area contributed by atoms with Crippen LogP contribution in [0.15, 0.2) is 22.4 Å². The van der Waals surface area contributed by atoms with Crippen molar-refractivity contribution in [3.05, 3.63) is 23.5 Å². The maximum absolute atomic E-state index is 14.7. The molecule has 1 aromatic heterocycles. The van der Waals surface area contributed by atoms with Crippen molar-refractivity contribution in [2.45, 2.75) is 55.5 Å². The maximum atomic E-state index is 14.7. The Labute approximate surface area is 159 Å². The summed E-state index contributed by atoms with van der Waals surface area (Å²) in [6, 6.07) is -1.58. The first-order valence-electron chi connectivity index (χ1n) is 8.61. The number of aliphatic hydroxyl groups is 1. The van der Waals surface area contributed by atoms with Crippen molar-refractivity contribution in [3.63, 3.8) is 0 Å². The minimum absolute atomic E-state index is 0.0988. The highest BCUT2D eigenvalue weighted by molar-refractivity contribution is 7.98. The highest BCUT2D eigenvalue weighted by atomic mass is 32.2. The topological polar surface area (TPSA) is 105 Å². The Morgan fingerprint density at radius 2 is 2.19 bits per heavy atom. The average molecular weight is 397 g/mol. The first-order chi connectivity index (χ1) is 12.9. The first-order valence-corrected chi connectivity index (χ1v) is 9.84. The molecule has 27 heavy (non-hydrogen) atoms. The number of nitrogens with zero attached hydrogens (tertiary/aromatic N) is 4. The van der Waals surface area contributed by atoms with E-state index in [1.54, 1.807) is 6.26 Å². The summed E-state index contributed by atoms with van der Waals surface area (Å²) in [6.45, 7) is -0.100. The summed E-state index contributed by atoms with van der Waals surface area (Å²) in [5, 5.41) is 10.7. The molecule has 146 valence electrons. The second-order valence-electron chi connectivity index (χ2n) is 6.47. The van der Waals surface area contributed by atoms with Crippen LogP contribution in [0.25, 0.3) is 0 Å². The fourth-order valence-corrected chi connectivity index (χ4v) is 3.87. The zero-order valence-corrected chi connectivity index (χ0v) is 15.6. The molecule has 1 amide bonds. The molecule has 3 N–H and O–H groups in total. The molecular formula is C17H21F2N5O2S. The lowest BCUT2D eigenvalue weighted by atomic mass is 10.0. The molecule has 0 spiro atoms. The zero-order valence-electron chi connectivity index (χ0n) is 14.8. The van der Waals surface area contributed by atoms with Crippen LogP contribution in [0.4, 0.5) is 14.6 Å². The quantitative estimate of drug-likeness (QED) is 0.350. The number of allylic oxidation sites excluding steroid dienone is 1. The molecule has 10 heteroatoms. The van der Waals surface area contributed by atoms with E-state index in [1.807, 2.05) is 0 Å². The van der Waals surface area contributed by atoms with Crippen molar-refractivity contribution in [1.82, 2.24) is 14.9 Å². The number of aromatic nitrogens is 2. The molecule has 0 saturated heterocycles. The van der Waals surface area contributed by atoms with Gasteiger partial charge in [0.2, 0.25) is 0 Å². The number of aliphatic imine (C=N–C) groups is 1. The fraction of sp³-hybridized carbons (Fsp3) is 0.529. The van der Waals surface area contributed by atoms with E-state index in [0.717, 1.165) is 4.90 Å². The van der Waals surface area contributed by atoms with E-state index in [2.05, 4.69) is 15.0 Å². The third-order valence-corrected chi connectivity index (χ3v) is 5.26. The standard InChI is InChI=1S/C17H21F2N5O2S/c1-27-16-22-10-9-24(13-11(25)5-2-3-6-17(13,18)19)15(26)12(10)14(23-16)21-8-4-7-20/h4,7-8,11,13,25H,2-3,5-6,9,20H2,1H3. The van der Waals surface area contributed by atoms with E-state index in [1.165, 1.54) is 30.3 Å². The number of carbonyl (C=O) groups excluding carboxylic acids is 1. The lowest BCUT2D eigenvalue weighted by Gasteiger charge is -2.35. The maximum Gasteiger partial charge on any atom is 0.270 e. The third-order valence-electron chi connectivity index (χ3n) is 4.71. The van der Waals surface area contributed by atoms with E-state index in [9.17, 15) is 18.7 Å². The van der Waals surface area contributed by atoms with Gasteiger partial charge in [-0.3, -0.25) is 4.79 Å². The third kappa shape index (κ3) is 3.81. The second kappa shape index (κ2) is 7.89. The Bertz CT molecular complexity index is 787. The summed E-state index contributed by atoms with van der Waals surface area (Å²) in [5.41, 5.74) is 5.72. The molecular weight excluding hydrogens is 376 g/mol. The van der Waals surface area contributed by atoms with E-state index in [0.29, 0.717) is 23.7 Å². The molecule has 2 heterocycles. The molecule has 7 nitrogen and oxygen atoms in total. The van der Waals surface area contributed by atoms with Crippen molar-refractivity contribution in [2.75, 3.05) is 6.26 Å². The Morgan fingerprint density at radius 1 is 1.41 bits per heavy atom. The molecule has 1 aliphatic carbocycles. The minimum atomic E-state index is -3.17. The smallest absolute Gasteiger partial charge is 0.270 e. The number of rotatable bonds is 4. The van der Waals surface area contributed by atoms with Crippen LogP contribution in [0.2, 0.25) is 0 Å². The SMILES string of the molecule is CSc1nc2c(c(N=CC=CN)n1)C(=O)N(C1C(O)CCCCC1(F)F)C2. The number of hydrogen-bond acceptors (Lipinski definition) is 7. The summed E-state index contributed by atoms with van der Waals surface area (Å²) in [6.07, 6.45) is 5.28. The summed E-state index contributed by atoms with van der Waals surface area (Å²) in [4.78, 5) is 26.6. The molecule has 1 saturated carbocycles. The predicted octanol–water partition coefficient (Wildman–Crippen LogP) is 2.27. The molecule has 1 fully saturated rings. The van der Waals surface area contributed by atoms with Gasteiger partial charge < -0.3 is 15.7 Å². The minimum Gasteiger partial charge on any atom is -0.405 e. The lowest BCUT2D eigenvalue weighted by Crippen LogP contribution is -2.53. The largest absolute Gasteiger partial charge is 0.405 e. The van der Waals surface area contributed by atoms with Crippen LogP contribution in [-0.2, 0) is 6.54 Å². The number of carbonyl (C=O) groups is 1. The van der Waals surface area contributed by atoms with Crippen molar-refractivity contribution in [2.24, 2.45) is 10.7 Å². The molecule has 1 aromatic rings. The number of fused-ring (bicyclic) bond motifs is 1. The van der Waals surface area contributed by atoms with Gasteiger partial charge in [0.1, 0.15) is 11.6 Å². The highest BCUT2D eigenvalue weighted by Crippen LogP contribution is 2.40. The molecule has 2 unspecified atom stereocenters. The van der Waals surface area contributed by atoms with Crippen molar-refractivity contribution in [1.29, 1.82) is 0 Å². The molecule has 3 rings (SSSR count). The highest BCUT2D eigenvalue weighted by Gasteiger charge is 2.52. The number of alkyl halides is 2. The van der Waals surface area contributed by atoms with Crippen LogP contribution in [0.5, 0.6) is 0 Å². The van der Waals surface area contributed by atoms with Gasteiger partial charge in [-0.1, -0.05) is 18.2 Å². The van der Waals surface area contributed by atoms with Crippen LogP contribution in [0, 0.1) is 0 Å². The normalized spacial score (nSPS) is 25.3. The summed E-state index contributed by atoms with van der Waals surface area (Å²) in [7, 11) is 0. The molecule has 0 bridgehead atoms. The van der Waals surface area contributed by atoms with Crippen molar-refractivity contribution < 1.29 is 18.7 Å². The Kier molecular flexibility index (Phi) is 5.75. The Hall–Kier alpha value is -2.07. The number of aliphatic hydroxyl groups excluding tert-OH is 1. The predicted molar refractivity (Wildman–Crippen MR) is 98.4 cm³/mol. The van der Waals surface area contributed by atoms with Gasteiger partial charge in [-0.05, 0) is 31.4 Å².